The first-order valence-electron chi connectivity index (χ1n) is 6.35. The highest BCUT2D eigenvalue weighted by Gasteiger charge is 2.17. The SMILES string of the molecule is CCOc1ccc(Br)cc1C(Cl)c1ccc(C)c(Cl)c1. The summed E-state index contributed by atoms with van der Waals surface area (Å²) >= 11 is 16.3. The van der Waals surface area contributed by atoms with Crippen LogP contribution in [0.15, 0.2) is 40.9 Å². The van der Waals surface area contributed by atoms with Crippen molar-refractivity contribution < 1.29 is 4.74 Å². The summed E-state index contributed by atoms with van der Waals surface area (Å²) in [6, 6.07) is 11.7. The molecule has 0 saturated carbocycles. The number of hydrogen-bond acceptors (Lipinski definition) is 1. The van der Waals surface area contributed by atoms with Crippen molar-refractivity contribution in [3.8, 4) is 5.75 Å². The minimum atomic E-state index is -0.299. The van der Waals surface area contributed by atoms with Gasteiger partial charge in [-0.3, -0.25) is 0 Å². The number of ether oxygens (including phenoxy) is 1. The number of alkyl halides is 1. The lowest BCUT2D eigenvalue weighted by Gasteiger charge is -2.16. The summed E-state index contributed by atoms with van der Waals surface area (Å²) in [7, 11) is 0. The number of rotatable bonds is 4. The standard InChI is InChI=1S/C16H15BrCl2O/c1-3-20-15-7-6-12(17)9-13(15)16(19)11-5-4-10(2)14(18)8-11/h4-9,16H,3H2,1-2H3. The van der Waals surface area contributed by atoms with Crippen molar-refractivity contribution in [3.05, 3.63) is 62.6 Å². The second-order valence-electron chi connectivity index (χ2n) is 4.49. The van der Waals surface area contributed by atoms with Crippen LogP contribution in [0, 0.1) is 6.92 Å². The van der Waals surface area contributed by atoms with Crippen molar-refractivity contribution in [1.29, 1.82) is 0 Å². The quantitative estimate of drug-likeness (QED) is 0.585. The van der Waals surface area contributed by atoms with Crippen molar-refractivity contribution in [2.24, 2.45) is 0 Å². The van der Waals surface area contributed by atoms with Crippen LogP contribution in [0.2, 0.25) is 5.02 Å². The first-order valence-corrected chi connectivity index (χ1v) is 7.96. The van der Waals surface area contributed by atoms with Crippen LogP contribution in [-0.2, 0) is 0 Å². The van der Waals surface area contributed by atoms with E-state index in [0.29, 0.717) is 6.61 Å². The maximum Gasteiger partial charge on any atom is 0.124 e. The molecule has 0 heterocycles. The van der Waals surface area contributed by atoms with E-state index in [-0.39, 0.29) is 5.38 Å². The first kappa shape index (κ1) is 15.7. The normalized spacial score (nSPS) is 12.2. The molecule has 2 rings (SSSR count). The summed E-state index contributed by atoms with van der Waals surface area (Å²) in [6.07, 6.45) is 0. The van der Waals surface area contributed by atoms with Crippen LogP contribution in [0.25, 0.3) is 0 Å². The van der Waals surface area contributed by atoms with Crippen molar-refractivity contribution in [1.82, 2.24) is 0 Å². The molecule has 0 aliphatic rings. The molecule has 0 saturated heterocycles. The zero-order valence-electron chi connectivity index (χ0n) is 11.3. The lowest BCUT2D eigenvalue weighted by molar-refractivity contribution is 0.337. The summed E-state index contributed by atoms with van der Waals surface area (Å²) < 4.78 is 6.62. The fourth-order valence-corrected chi connectivity index (χ4v) is 2.82. The molecule has 1 nitrogen and oxygen atoms in total. The molecule has 0 aliphatic carbocycles. The van der Waals surface area contributed by atoms with Gasteiger partial charge in [0, 0.05) is 15.1 Å². The van der Waals surface area contributed by atoms with Gasteiger partial charge in [0.25, 0.3) is 0 Å². The highest BCUT2D eigenvalue weighted by Crippen LogP contribution is 2.38. The summed E-state index contributed by atoms with van der Waals surface area (Å²) in [6.45, 7) is 4.53. The molecule has 2 aromatic rings. The van der Waals surface area contributed by atoms with Crippen molar-refractivity contribution in [2.45, 2.75) is 19.2 Å². The zero-order chi connectivity index (χ0) is 14.7. The third kappa shape index (κ3) is 3.49. The Hall–Kier alpha value is -0.700. The van der Waals surface area contributed by atoms with Gasteiger partial charge in [-0.15, -0.1) is 11.6 Å². The van der Waals surface area contributed by atoms with Crippen LogP contribution in [-0.4, -0.2) is 6.61 Å². The first-order chi connectivity index (χ1) is 9.52. The summed E-state index contributed by atoms with van der Waals surface area (Å²) in [5, 5.41) is 0.424. The molecule has 20 heavy (non-hydrogen) atoms. The Morgan fingerprint density at radius 1 is 1.20 bits per heavy atom. The molecule has 106 valence electrons. The average Bonchev–Trinajstić information content (AvgIpc) is 2.43. The Bertz CT molecular complexity index is 613. The fourth-order valence-electron chi connectivity index (χ4n) is 1.95. The third-order valence-corrected chi connectivity index (χ3v) is 4.42. The summed E-state index contributed by atoms with van der Waals surface area (Å²) in [5.74, 6) is 0.799. The molecule has 0 aromatic heterocycles. The number of benzene rings is 2. The van der Waals surface area contributed by atoms with Crippen molar-refractivity contribution in [3.63, 3.8) is 0 Å². The Kier molecular flexibility index (Phi) is 5.36. The predicted molar refractivity (Wildman–Crippen MR) is 89.2 cm³/mol. The molecule has 0 fully saturated rings. The van der Waals surface area contributed by atoms with Crippen LogP contribution in [0.5, 0.6) is 5.75 Å². The molecule has 0 radical (unpaired) electrons. The molecule has 4 heteroatoms. The molecule has 2 aromatic carbocycles. The number of halogens is 3. The maximum atomic E-state index is 6.61. The minimum absolute atomic E-state index is 0.299. The van der Waals surface area contributed by atoms with E-state index in [0.717, 1.165) is 31.9 Å². The molecule has 0 aliphatic heterocycles. The Morgan fingerprint density at radius 2 is 1.95 bits per heavy atom. The monoisotopic (exact) mass is 372 g/mol. The van der Waals surface area contributed by atoms with E-state index in [1.165, 1.54) is 0 Å². The largest absolute Gasteiger partial charge is 0.494 e. The topological polar surface area (TPSA) is 9.23 Å². The zero-order valence-corrected chi connectivity index (χ0v) is 14.4. The van der Waals surface area contributed by atoms with E-state index >= 15 is 0 Å². The number of aryl methyl sites for hydroxylation is 1. The third-order valence-electron chi connectivity index (χ3n) is 3.03. The van der Waals surface area contributed by atoms with E-state index in [1.807, 2.05) is 50.2 Å². The molecule has 1 atom stereocenters. The average molecular weight is 374 g/mol. The van der Waals surface area contributed by atoms with Gasteiger partial charge in [-0.1, -0.05) is 39.7 Å². The molecule has 0 spiro atoms. The number of hydrogen-bond donors (Lipinski definition) is 0. The molecule has 0 amide bonds. The van der Waals surface area contributed by atoms with Gasteiger partial charge in [0.2, 0.25) is 0 Å². The van der Waals surface area contributed by atoms with E-state index in [2.05, 4.69) is 15.9 Å². The predicted octanol–water partition coefficient (Wildman–Crippen LogP) is 6.14. The van der Waals surface area contributed by atoms with E-state index < -0.39 is 0 Å². The highest BCUT2D eigenvalue weighted by atomic mass is 79.9. The molecular formula is C16H15BrCl2O. The lowest BCUT2D eigenvalue weighted by Crippen LogP contribution is -2.00. The Morgan fingerprint density at radius 3 is 2.60 bits per heavy atom. The van der Waals surface area contributed by atoms with Gasteiger partial charge in [0.1, 0.15) is 5.75 Å². The Labute approximate surface area is 138 Å². The molecule has 0 bridgehead atoms. The van der Waals surface area contributed by atoms with Gasteiger partial charge in [-0.25, -0.2) is 0 Å². The van der Waals surface area contributed by atoms with Gasteiger partial charge in [0.15, 0.2) is 0 Å². The molecule has 1 unspecified atom stereocenters. The second kappa shape index (κ2) is 6.84. The minimum Gasteiger partial charge on any atom is -0.494 e. The Balaban J connectivity index is 2.43. The van der Waals surface area contributed by atoms with Gasteiger partial charge in [0.05, 0.1) is 12.0 Å². The van der Waals surface area contributed by atoms with E-state index in [4.69, 9.17) is 27.9 Å². The van der Waals surface area contributed by atoms with Gasteiger partial charge in [-0.2, -0.15) is 0 Å². The van der Waals surface area contributed by atoms with E-state index in [1.54, 1.807) is 0 Å². The van der Waals surface area contributed by atoms with Gasteiger partial charge >= 0.3 is 0 Å². The van der Waals surface area contributed by atoms with Gasteiger partial charge in [-0.05, 0) is 49.2 Å². The van der Waals surface area contributed by atoms with Crippen molar-refractivity contribution in [2.75, 3.05) is 6.61 Å². The summed E-state index contributed by atoms with van der Waals surface area (Å²) in [5.41, 5.74) is 2.93. The highest BCUT2D eigenvalue weighted by molar-refractivity contribution is 9.10. The fraction of sp³-hybridized carbons (Fsp3) is 0.250. The van der Waals surface area contributed by atoms with Crippen LogP contribution >= 0.6 is 39.1 Å². The van der Waals surface area contributed by atoms with Crippen LogP contribution in [0.4, 0.5) is 0 Å². The molecule has 0 N–H and O–H groups in total. The second-order valence-corrected chi connectivity index (χ2v) is 6.25. The van der Waals surface area contributed by atoms with Crippen LogP contribution in [0.1, 0.15) is 29.0 Å². The van der Waals surface area contributed by atoms with Crippen LogP contribution < -0.4 is 4.74 Å². The van der Waals surface area contributed by atoms with Crippen molar-refractivity contribution >= 4 is 39.1 Å². The molecular weight excluding hydrogens is 359 g/mol. The maximum absolute atomic E-state index is 6.61. The van der Waals surface area contributed by atoms with Gasteiger partial charge < -0.3 is 4.74 Å². The lowest BCUT2D eigenvalue weighted by atomic mass is 10.0. The van der Waals surface area contributed by atoms with Crippen LogP contribution in [0.3, 0.4) is 0 Å². The summed E-state index contributed by atoms with van der Waals surface area (Å²) in [4.78, 5) is 0. The van der Waals surface area contributed by atoms with E-state index in [9.17, 15) is 0 Å². The smallest absolute Gasteiger partial charge is 0.124 e.